The molecule has 94 valence electrons. The van der Waals surface area contributed by atoms with Crippen molar-refractivity contribution in [2.45, 2.75) is 31.2 Å². The van der Waals surface area contributed by atoms with Gasteiger partial charge in [-0.3, -0.25) is 4.57 Å². The molecule has 0 spiro atoms. The van der Waals surface area contributed by atoms with Gasteiger partial charge in [0, 0.05) is 32.9 Å². The highest BCUT2D eigenvalue weighted by Gasteiger charge is 2.51. The lowest BCUT2D eigenvalue weighted by molar-refractivity contribution is 0.0370. The van der Waals surface area contributed by atoms with E-state index in [1.54, 1.807) is 0 Å². The van der Waals surface area contributed by atoms with E-state index in [9.17, 15) is 0 Å². The second-order valence-electron chi connectivity index (χ2n) is 4.62. The highest BCUT2D eigenvalue weighted by atomic mass is 28.4. The zero-order valence-corrected chi connectivity index (χ0v) is 11.4. The molecular weight excluding hydrogens is 222 g/mol. The zero-order valence-electron chi connectivity index (χ0n) is 10.4. The summed E-state index contributed by atoms with van der Waals surface area (Å²) in [5.41, 5.74) is 0.639. The van der Waals surface area contributed by atoms with Crippen LogP contribution in [0.15, 0.2) is 0 Å². The maximum atomic E-state index is 5.90. The molecule has 0 aromatic carbocycles. The summed E-state index contributed by atoms with van der Waals surface area (Å²) in [5, 5.41) is 0. The Hall–Kier alpha value is 0.0569. The molecule has 1 saturated carbocycles. The number of ether oxygens (including phenoxy) is 1. The van der Waals surface area contributed by atoms with E-state index in [-0.39, 0.29) is 0 Å². The standard InChI is InChI=1S/C11H23NO3Si/c1-13-16(14-2,11-5-3-4-6-11)12-7-9-15-10-8-12/h11H,3-10H2,1-2H3. The fraction of sp³-hybridized carbons (Fsp3) is 1.00. The van der Waals surface area contributed by atoms with Crippen LogP contribution in [0.3, 0.4) is 0 Å². The van der Waals surface area contributed by atoms with E-state index in [4.69, 9.17) is 13.6 Å². The topological polar surface area (TPSA) is 30.9 Å². The third kappa shape index (κ3) is 2.19. The zero-order chi connectivity index (χ0) is 11.4. The second-order valence-corrected chi connectivity index (χ2v) is 8.15. The molecule has 0 N–H and O–H groups in total. The lowest BCUT2D eigenvalue weighted by atomic mass is 10.4. The molecule has 0 bridgehead atoms. The van der Waals surface area contributed by atoms with Crippen LogP contribution in [0, 0.1) is 0 Å². The van der Waals surface area contributed by atoms with Crippen molar-refractivity contribution < 1.29 is 13.6 Å². The van der Waals surface area contributed by atoms with Gasteiger partial charge < -0.3 is 13.6 Å². The normalized spacial score (nSPS) is 25.1. The molecule has 0 aromatic rings. The lowest BCUT2D eigenvalue weighted by Gasteiger charge is -2.43. The number of hydrogen-bond donors (Lipinski definition) is 0. The summed E-state index contributed by atoms with van der Waals surface area (Å²) in [6.07, 6.45) is 5.20. The molecule has 1 aliphatic carbocycles. The largest absolute Gasteiger partial charge is 0.430 e. The Kier molecular flexibility index (Phi) is 4.38. The van der Waals surface area contributed by atoms with Crippen molar-refractivity contribution in [2.75, 3.05) is 40.5 Å². The van der Waals surface area contributed by atoms with E-state index in [1.165, 1.54) is 25.7 Å². The van der Waals surface area contributed by atoms with Gasteiger partial charge in [0.25, 0.3) is 0 Å². The minimum Gasteiger partial charge on any atom is -0.386 e. The molecule has 0 atom stereocenters. The highest BCUT2D eigenvalue weighted by molar-refractivity contribution is 6.66. The third-order valence-electron chi connectivity index (χ3n) is 3.91. The molecule has 2 aliphatic rings. The first-order valence-corrected chi connectivity index (χ1v) is 8.10. The van der Waals surface area contributed by atoms with Crippen molar-refractivity contribution in [3.8, 4) is 0 Å². The van der Waals surface area contributed by atoms with Crippen molar-refractivity contribution in [1.82, 2.24) is 4.57 Å². The Morgan fingerprint density at radius 3 is 2.12 bits per heavy atom. The van der Waals surface area contributed by atoms with E-state index < -0.39 is 8.72 Å². The van der Waals surface area contributed by atoms with Gasteiger partial charge in [-0.25, -0.2) is 0 Å². The Bertz CT molecular complexity index is 211. The monoisotopic (exact) mass is 245 g/mol. The first kappa shape index (κ1) is 12.5. The van der Waals surface area contributed by atoms with Crippen molar-refractivity contribution in [3.05, 3.63) is 0 Å². The highest BCUT2D eigenvalue weighted by Crippen LogP contribution is 2.40. The van der Waals surface area contributed by atoms with Crippen molar-refractivity contribution >= 4 is 8.72 Å². The van der Waals surface area contributed by atoms with E-state index in [0.717, 1.165) is 26.3 Å². The molecule has 4 nitrogen and oxygen atoms in total. The van der Waals surface area contributed by atoms with Crippen LogP contribution < -0.4 is 0 Å². The predicted molar refractivity (Wildman–Crippen MR) is 64.4 cm³/mol. The Labute approximate surface area is 99.2 Å². The summed E-state index contributed by atoms with van der Waals surface area (Å²) in [5.74, 6) is 0. The lowest BCUT2D eigenvalue weighted by Crippen LogP contribution is -2.63. The smallest absolute Gasteiger partial charge is 0.386 e. The van der Waals surface area contributed by atoms with Gasteiger partial charge in [0.2, 0.25) is 0 Å². The predicted octanol–water partition coefficient (Wildman–Crippen LogP) is 1.49. The molecule has 16 heavy (non-hydrogen) atoms. The van der Waals surface area contributed by atoms with Gasteiger partial charge >= 0.3 is 8.72 Å². The molecule has 1 aliphatic heterocycles. The second kappa shape index (κ2) is 5.60. The molecule has 0 radical (unpaired) electrons. The van der Waals surface area contributed by atoms with Crippen LogP contribution >= 0.6 is 0 Å². The molecule has 0 unspecified atom stereocenters. The van der Waals surface area contributed by atoms with Crippen LogP contribution in [0.4, 0.5) is 0 Å². The van der Waals surface area contributed by atoms with Gasteiger partial charge in [-0.05, 0) is 12.8 Å². The van der Waals surface area contributed by atoms with Crippen molar-refractivity contribution in [3.63, 3.8) is 0 Å². The van der Waals surface area contributed by atoms with Gasteiger partial charge in [-0.2, -0.15) is 0 Å². The van der Waals surface area contributed by atoms with E-state index in [2.05, 4.69) is 4.57 Å². The summed E-state index contributed by atoms with van der Waals surface area (Å²) >= 11 is 0. The fourth-order valence-corrected chi connectivity index (χ4v) is 6.91. The molecule has 2 rings (SSSR count). The minimum absolute atomic E-state index is 0.639. The molecule has 1 saturated heterocycles. The minimum atomic E-state index is -2.16. The Morgan fingerprint density at radius 2 is 1.62 bits per heavy atom. The molecular formula is C11H23NO3Si. The van der Waals surface area contributed by atoms with E-state index >= 15 is 0 Å². The summed E-state index contributed by atoms with van der Waals surface area (Å²) in [6.45, 7) is 3.55. The summed E-state index contributed by atoms with van der Waals surface area (Å²) in [6, 6.07) is 0. The van der Waals surface area contributed by atoms with Crippen LogP contribution in [0.1, 0.15) is 25.7 Å². The average molecular weight is 245 g/mol. The summed E-state index contributed by atoms with van der Waals surface area (Å²) in [7, 11) is 1.49. The van der Waals surface area contributed by atoms with Gasteiger partial charge in [-0.1, -0.05) is 12.8 Å². The summed E-state index contributed by atoms with van der Waals surface area (Å²) < 4.78 is 19.6. The van der Waals surface area contributed by atoms with Gasteiger partial charge in [0.1, 0.15) is 0 Å². The molecule has 0 aromatic heterocycles. The van der Waals surface area contributed by atoms with E-state index in [0.29, 0.717) is 5.54 Å². The van der Waals surface area contributed by atoms with Gasteiger partial charge in [-0.15, -0.1) is 0 Å². The molecule has 1 heterocycles. The first-order chi connectivity index (χ1) is 7.83. The quantitative estimate of drug-likeness (QED) is 0.702. The van der Waals surface area contributed by atoms with Crippen molar-refractivity contribution in [2.24, 2.45) is 0 Å². The molecule has 2 fully saturated rings. The van der Waals surface area contributed by atoms with Crippen LogP contribution in [0.25, 0.3) is 0 Å². The van der Waals surface area contributed by atoms with Crippen LogP contribution in [-0.2, 0) is 13.6 Å². The number of nitrogens with zero attached hydrogens (tertiary/aromatic N) is 1. The maximum Gasteiger partial charge on any atom is 0.430 e. The number of rotatable bonds is 4. The van der Waals surface area contributed by atoms with Crippen LogP contribution in [-0.4, -0.2) is 53.8 Å². The fourth-order valence-electron chi connectivity index (χ4n) is 3.10. The number of hydrogen-bond acceptors (Lipinski definition) is 4. The Balaban J connectivity index is 2.11. The summed E-state index contributed by atoms with van der Waals surface area (Å²) in [4.78, 5) is 0. The molecule has 0 amide bonds. The number of morpholine rings is 1. The maximum absolute atomic E-state index is 5.90. The first-order valence-electron chi connectivity index (χ1n) is 6.26. The van der Waals surface area contributed by atoms with Crippen LogP contribution in [0.5, 0.6) is 0 Å². The molecule has 5 heteroatoms. The van der Waals surface area contributed by atoms with E-state index in [1.807, 2.05) is 14.2 Å². The third-order valence-corrected chi connectivity index (χ3v) is 8.02. The van der Waals surface area contributed by atoms with Crippen molar-refractivity contribution in [1.29, 1.82) is 0 Å². The Morgan fingerprint density at radius 1 is 1.06 bits per heavy atom. The van der Waals surface area contributed by atoms with Gasteiger partial charge in [0.05, 0.1) is 13.2 Å². The average Bonchev–Trinajstić information content (AvgIpc) is 2.87. The van der Waals surface area contributed by atoms with Crippen LogP contribution in [0.2, 0.25) is 5.54 Å². The van der Waals surface area contributed by atoms with Gasteiger partial charge in [0.15, 0.2) is 0 Å². The SMILES string of the molecule is CO[Si](OC)(C1CCCC1)N1CCOCC1.